The molecule has 4 rings (SSSR count). The van der Waals surface area contributed by atoms with E-state index in [1.807, 2.05) is 6.07 Å². The Hall–Kier alpha value is -3.49. The maximum atomic E-state index is 13.5. The monoisotopic (exact) mass is 419 g/mol. The number of benzene rings is 2. The summed E-state index contributed by atoms with van der Waals surface area (Å²) in [6.45, 7) is 4.16. The molecule has 0 bridgehead atoms. The second kappa shape index (κ2) is 9.11. The van der Waals surface area contributed by atoms with Gasteiger partial charge in [-0.1, -0.05) is 18.2 Å². The maximum Gasteiger partial charge on any atom is 0.151 e. The van der Waals surface area contributed by atoms with E-state index in [0.717, 1.165) is 37.3 Å². The molecule has 0 saturated carbocycles. The molecule has 1 aliphatic rings. The first-order chi connectivity index (χ1) is 15.0. The smallest absolute Gasteiger partial charge is 0.151 e. The number of nitrogens with one attached hydrogen (secondary N) is 1. The Kier molecular flexibility index (Phi) is 6.11. The molecule has 3 aromatic rings. The van der Waals surface area contributed by atoms with Crippen LogP contribution in [-0.2, 0) is 0 Å². The Morgan fingerprint density at radius 3 is 2.45 bits per heavy atom. The number of likely N-dealkylation sites (N-methyl/N-ethyl adjacent to an activating group) is 1. The van der Waals surface area contributed by atoms with Crippen molar-refractivity contribution in [3.63, 3.8) is 0 Å². The molecule has 7 nitrogen and oxygen atoms in total. The second-order valence-corrected chi connectivity index (χ2v) is 7.58. The van der Waals surface area contributed by atoms with Crippen LogP contribution < -0.4 is 21.9 Å². The minimum atomic E-state index is -0.377. The molecule has 5 N–H and O–H groups in total. The topological polar surface area (TPSA) is 95.8 Å². The molecule has 1 aliphatic heterocycles. The lowest BCUT2D eigenvalue weighted by atomic mass is 10.0. The zero-order valence-electron chi connectivity index (χ0n) is 17.4. The number of rotatable bonds is 4. The minimum Gasteiger partial charge on any atom is -0.383 e. The van der Waals surface area contributed by atoms with Crippen molar-refractivity contribution in [3.05, 3.63) is 72.2 Å². The van der Waals surface area contributed by atoms with Gasteiger partial charge in [-0.3, -0.25) is 0 Å². The maximum absolute atomic E-state index is 13.5. The first-order valence-electron chi connectivity index (χ1n) is 10.1. The molecule has 2 aromatic carbocycles. The van der Waals surface area contributed by atoms with Gasteiger partial charge in [0.2, 0.25) is 0 Å². The molecule has 0 unspecified atom stereocenters. The van der Waals surface area contributed by atoms with Gasteiger partial charge in [-0.25, -0.2) is 20.2 Å². The number of piperazine rings is 1. The molecule has 1 aromatic heterocycles. The third kappa shape index (κ3) is 4.82. The highest BCUT2D eigenvalue weighted by Crippen LogP contribution is 2.26. The Bertz CT molecular complexity index is 1070. The fourth-order valence-electron chi connectivity index (χ4n) is 3.60. The molecule has 31 heavy (non-hydrogen) atoms. The highest BCUT2D eigenvalue weighted by Gasteiger charge is 2.15. The van der Waals surface area contributed by atoms with Gasteiger partial charge in [0.05, 0.1) is 11.3 Å². The number of nitrogens with two attached hydrogens (primary N) is 2. The van der Waals surface area contributed by atoms with Gasteiger partial charge in [0.15, 0.2) is 5.84 Å². The van der Waals surface area contributed by atoms with Crippen LogP contribution >= 0.6 is 0 Å². The number of nitrogen functional groups attached to an aromatic ring is 1. The first-order valence-corrected chi connectivity index (χ1v) is 10.1. The van der Waals surface area contributed by atoms with E-state index in [1.165, 1.54) is 17.8 Å². The average molecular weight is 420 g/mol. The number of hydrazine groups is 1. The van der Waals surface area contributed by atoms with Crippen LogP contribution in [0.15, 0.2) is 65.8 Å². The van der Waals surface area contributed by atoms with E-state index in [4.69, 9.17) is 11.6 Å². The van der Waals surface area contributed by atoms with Crippen LogP contribution in [0.4, 0.5) is 21.6 Å². The minimum absolute atomic E-state index is 0.283. The van der Waals surface area contributed by atoms with Gasteiger partial charge in [-0.2, -0.15) is 0 Å². The Morgan fingerprint density at radius 1 is 1.03 bits per heavy atom. The summed E-state index contributed by atoms with van der Waals surface area (Å²) in [4.78, 5) is 13.4. The summed E-state index contributed by atoms with van der Waals surface area (Å²) in [6, 6.07) is 16.2. The number of halogens is 1. The highest BCUT2D eigenvalue weighted by molar-refractivity contribution is 6.04. The van der Waals surface area contributed by atoms with E-state index < -0.39 is 0 Å². The largest absolute Gasteiger partial charge is 0.383 e. The molecule has 0 spiro atoms. The standard InChI is InChI=1S/C23H26FN7/c1-30-9-11-31(12-10-30)20-7-5-16(6-8-20)17-13-21(22(25)27-15-17)23(29-26)28-19-4-2-3-18(24)14-19/h2-8,13-15H,9-12,26H2,1H3,(H2,25,27)(H,28,29). The molecule has 0 amide bonds. The predicted molar refractivity (Wildman–Crippen MR) is 124 cm³/mol. The van der Waals surface area contributed by atoms with Crippen LogP contribution in [-0.4, -0.2) is 48.9 Å². The van der Waals surface area contributed by atoms with Crippen LogP contribution in [0.1, 0.15) is 5.56 Å². The van der Waals surface area contributed by atoms with Crippen molar-refractivity contribution in [2.75, 3.05) is 43.9 Å². The number of nitrogens with zero attached hydrogens (tertiary/aromatic N) is 4. The summed E-state index contributed by atoms with van der Waals surface area (Å²) in [5.41, 5.74) is 12.7. The van der Waals surface area contributed by atoms with E-state index in [2.05, 4.69) is 56.5 Å². The molecular formula is C23H26FN7. The van der Waals surface area contributed by atoms with E-state index in [9.17, 15) is 4.39 Å². The van der Waals surface area contributed by atoms with E-state index in [1.54, 1.807) is 18.3 Å². The number of hydrogen-bond donors (Lipinski definition) is 3. The van der Waals surface area contributed by atoms with Gasteiger partial charge < -0.3 is 21.0 Å². The zero-order valence-corrected chi connectivity index (χ0v) is 17.4. The quantitative estimate of drug-likeness (QED) is 0.261. The number of amidine groups is 1. The van der Waals surface area contributed by atoms with Gasteiger partial charge in [0.1, 0.15) is 11.6 Å². The van der Waals surface area contributed by atoms with Crippen molar-refractivity contribution in [2.45, 2.75) is 0 Å². The zero-order chi connectivity index (χ0) is 21.8. The molecular weight excluding hydrogens is 393 g/mol. The van der Waals surface area contributed by atoms with Crippen LogP contribution in [0.3, 0.4) is 0 Å². The molecule has 0 atom stereocenters. The Balaban J connectivity index is 1.61. The lowest BCUT2D eigenvalue weighted by Crippen LogP contribution is -2.44. The van der Waals surface area contributed by atoms with E-state index in [0.29, 0.717) is 17.1 Å². The van der Waals surface area contributed by atoms with E-state index in [-0.39, 0.29) is 11.6 Å². The van der Waals surface area contributed by atoms with Gasteiger partial charge in [0.25, 0.3) is 0 Å². The molecule has 1 fully saturated rings. The molecule has 1 saturated heterocycles. The lowest BCUT2D eigenvalue weighted by Gasteiger charge is -2.34. The first kappa shape index (κ1) is 20.8. The summed E-state index contributed by atoms with van der Waals surface area (Å²) >= 11 is 0. The number of hydrogen-bond acceptors (Lipinski definition) is 6. The lowest BCUT2D eigenvalue weighted by molar-refractivity contribution is 0.313. The normalized spacial score (nSPS) is 15.2. The van der Waals surface area contributed by atoms with Crippen LogP contribution in [0.5, 0.6) is 0 Å². The third-order valence-electron chi connectivity index (χ3n) is 5.43. The van der Waals surface area contributed by atoms with Crippen molar-refractivity contribution >= 4 is 23.0 Å². The Labute approximate surface area is 181 Å². The van der Waals surface area contributed by atoms with Gasteiger partial charge in [0, 0.05) is 43.6 Å². The summed E-state index contributed by atoms with van der Waals surface area (Å²) in [7, 11) is 2.15. The number of aliphatic imine (C=N–C) groups is 1. The van der Waals surface area contributed by atoms with Gasteiger partial charge in [-0.15, -0.1) is 0 Å². The van der Waals surface area contributed by atoms with Gasteiger partial charge >= 0.3 is 0 Å². The van der Waals surface area contributed by atoms with E-state index >= 15 is 0 Å². The molecule has 0 radical (unpaired) electrons. The molecule has 8 heteroatoms. The number of aromatic nitrogens is 1. The summed E-state index contributed by atoms with van der Waals surface area (Å²) in [5.74, 6) is 5.91. The summed E-state index contributed by atoms with van der Waals surface area (Å²) in [6.07, 6.45) is 1.72. The second-order valence-electron chi connectivity index (χ2n) is 7.58. The fraction of sp³-hybridized carbons (Fsp3) is 0.217. The summed E-state index contributed by atoms with van der Waals surface area (Å²) < 4.78 is 13.5. The Morgan fingerprint density at radius 2 is 1.77 bits per heavy atom. The SMILES string of the molecule is CN1CCN(c2ccc(-c3cnc(N)c(C(=Nc4cccc(F)c4)NN)c3)cc2)CC1. The average Bonchev–Trinajstić information content (AvgIpc) is 2.79. The molecule has 2 heterocycles. The van der Waals surface area contributed by atoms with Crippen molar-refractivity contribution in [2.24, 2.45) is 10.8 Å². The van der Waals surface area contributed by atoms with Crippen LogP contribution in [0.2, 0.25) is 0 Å². The van der Waals surface area contributed by atoms with Crippen molar-refractivity contribution in [3.8, 4) is 11.1 Å². The molecule has 160 valence electrons. The summed E-state index contributed by atoms with van der Waals surface area (Å²) in [5, 5.41) is 0. The molecule has 0 aliphatic carbocycles. The number of pyridine rings is 1. The highest BCUT2D eigenvalue weighted by atomic mass is 19.1. The fourth-order valence-corrected chi connectivity index (χ4v) is 3.60. The van der Waals surface area contributed by atoms with Gasteiger partial charge in [-0.05, 0) is 49.0 Å². The van der Waals surface area contributed by atoms with Crippen molar-refractivity contribution in [1.82, 2.24) is 15.3 Å². The number of anilines is 2. The van der Waals surface area contributed by atoms with Crippen molar-refractivity contribution < 1.29 is 4.39 Å². The van der Waals surface area contributed by atoms with Crippen LogP contribution in [0.25, 0.3) is 11.1 Å². The van der Waals surface area contributed by atoms with Crippen molar-refractivity contribution in [1.29, 1.82) is 0 Å². The van der Waals surface area contributed by atoms with Crippen LogP contribution in [0, 0.1) is 5.82 Å². The third-order valence-corrected chi connectivity index (χ3v) is 5.43. The predicted octanol–water partition coefficient (Wildman–Crippen LogP) is 2.76.